The van der Waals surface area contributed by atoms with Crippen LogP contribution in [0.3, 0.4) is 0 Å². The van der Waals surface area contributed by atoms with Crippen molar-refractivity contribution in [2.45, 2.75) is 0 Å². The molecule has 0 fully saturated rings. The average Bonchev–Trinajstić information content (AvgIpc) is 3.57. The lowest BCUT2D eigenvalue weighted by molar-refractivity contribution is 0.669. The lowest BCUT2D eigenvalue weighted by Gasteiger charge is -2.08. The predicted molar refractivity (Wildman–Crippen MR) is 193 cm³/mol. The van der Waals surface area contributed by atoms with Crippen molar-refractivity contribution in [3.05, 3.63) is 158 Å². The van der Waals surface area contributed by atoms with Crippen molar-refractivity contribution < 1.29 is 4.42 Å². The third-order valence-corrected chi connectivity index (χ3v) is 8.40. The third kappa shape index (κ3) is 5.39. The quantitative estimate of drug-likeness (QED) is 0.181. The molecule has 230 valence electrons. The van der Waals surface area contributed by atoms with Gasteiger partial charge in [0.1, 0.15) is 11.2 Å². The Kier molecular flexibility index (Phi) is 6.98. The Morgan fingerprint density at radius 3 is 1.16 bits per heavy atom. The molecule has 0 atom stereocenters. The summed E-state index contributed by atoms with van der Waals surface area (Å²) >= 11 is 0. The molecule has 0 saturated carbocycles. The second-order valence-electron chi connectivity index (χ2n) is 11.6. The predicted octanol–water partition coefficient (Wildman–Crippen LogP) is 9.96. The normalized spacial score (nSPS) is 11.3. The van der Waals surface area contributed by atoms with E-state index in [-0.39, 0.29) is 0 Å². The van der Waals surface area contributed by atoms with E-state index < -0.39 is 0 Å². The largest absolute Gasteiger partial charge is 0.455 e. The zero-order valence-corrected chi connectivity index (χ0v) is 26.1. The minimum absolute atomic E-state index is 0.537. The average molecular weight is 631 g/mol. The summed E-state index contributed by atoms with van der Waals surface area (Å²) < 4.78 is 6.65. The molecule has 9 aromatic rings. The lowest BCUT2D eigenvalue weighted by atomic mass is 10.1. The number of fused-ring (bicyclic) bond motifs is 3. The molecule has 0 aliphatic rings. The molecule has 6 aromatic carbocycles. The fraction of sp³-hybridized carbons (Fsp3) is 0. The number of rotatable bonds is 6. The van der Waals surface area contributed by atoms with Gasteiger partial charge in [-0.25, -0.2) is 29.9 Å². The Balaban J connectivity index is 1.20. The van der Waals surface area contributed by atoms with Gasteiger partial charge in [-0.1, -0.05) is 140 Å². The topological polar surface area (TPSA) is 90.5 Å². The molecular weight excluding hydrogens is 605 g/mol. The highest BCUT2D eigenvalue weighted by Gasteiger charge is 2.19. The zero-order chi connectivity index (χ0) is 32.6. The minimum Gasteiger partial charge on any atom is -0.455 e. The third-order valence-electron chi connectivity index (χ3n) is 8.40. The molecular formula is C42H26N6O. The van der Waals surface area contributed by atoms with Crippen LogP contribution in [0.15, 0.2) is 162 Å². The van der Waals surface area contributed by atoms with E-state index in [1.807, 2.05) is 146 Å². The van der Waals surface area contributed by atoms with Gasteiger partial charge in [-0.05, 0) is 18.2 Å². The number of hydrogen-bond donors (Lipinski definition) is 0. The molecule has 9 rings (SSSR count). The van der Waals surface area contributed by atoms with Crippen molar-refractivity contribution in [2.75, 3.05) is 0 Å². The van der Waals surface area contributed by atoms with E-state index in [2.05, 4.69) is 12.1 Å². The van der Waals surface area contributed by atoms with Gasteiger partial charge in [0.05, 0.1) is 5.56 Å². The number of hydrogen-bond acceptors (Lipinski definition) is 7. The highest BCUT2D eigenvalue weighted by Crippen LogP contribution is 2.37. The van der Waals surface area contributed by atoms with Crippen molar-refractivity contribution in [2.24, 2.45) is 0 Å². The van der Waals surface area contributed by atoms with Gasteiger partial charge in [0.25, 0.3) is 0 Å². The van der Waals surface area contributed by atoms with Gasteiger partial charge in [0, 0.05) is 38.6 Å². The first-order valence-electron chi connectivity index (χ1n) is 16.0. The number of furan rings is 1. The summed E-state index contributed by atoms with van der Waals surface area (Å²) in [6.07, 6.45) is 0. The molecule has 0 spiro atoms. The van der Waals surface area contributed by atoms with Crippen molar-refractivity contribution in [1.82, 2.24) is 29.9 Å². The standard InChI is InChI=1S/C42H26N6O/c1-5-14-27(15-6-1)37-43-38(28-16-7-2-8-17-28)46-41(45-37)31-24-25-32-33-22-13-23-34(36(33)49-35(32)26-31)42-47-39(29-18-9-3-10-19-29)44-40(48-42)30-20-11-4-12-21-30/h1-26H. The fourth-order valence-electron chi connectivity index (χ4n) is 5.98. The molecule has 0 aliphatic heterocycles. The van der Waals surface area contributed by atoms with Crippen molar-refractivity contribution >= 4 is 21.9 Å². The highest BCUT2D eigenvalue weighted by molar-refractivity contribution is 6.09. The molecule has 0 radical (unpaired) electrons. The van der Waals surface area contributed by atoms with Crippen LogP contribution in [-0.4, -0.2) is 29.9 Å². The van der Waals surface area contributed by atoms with Crippen molar-refractivity contribution in [3.8, 4) is 68.3 Å². The number of aromatic nitrogens is 6. The minimum atomic E-state index is 0.537. The van der Waals surface area contributed by atoms with Crippen LogP contribution in [-0.2, 0) is 0 Å². The SMILES string of the molecule is c1ccc(-c2nc(-c3ccccc3)nc(-c3ccc4c(c3)oc3c(-c5nc(-c6ccccc6)nc(-c6ccccc6)n5)cccc34)n2)cc1. The maximum atomic E-state index is 6.65. The van der Waals surface area contributed by atoms with Gasteiger partial charge in [0.2, 0.25) is 0 Å². The summed E-state index contributed by atoms with van der Waals surface area (Å²) in [7, 11) is 0. The first-order valence-corrected chi connectivity index (χ1v) is 16.0. The van der Waals surface area contributed by atoms with E-state index in [0.717, 1.165) is 44.2 Å². The highest BCUT2D eigenvalue weighted by atomic mass is 16.3. The molecule has 0 unspecified atom stereocenters. The van der Waals surface area contributed by atoms with Crippen molar-refractivity contribution in [3.63, 3.8) is 0 Å². The summed E-state index contributed by atoms with van der Waals surface area (Å²) in [4.78, 5) is 29.4. The molecule has 0 bridgehead atoms. The van der Waals surface area contributed by atoms with Crippen LogP contribution < -0.4 is 0 Å². The maximum absolute atomic E-state index is 6.65. The van der Waals surface area contributed by atoms with E-state index in [1.165, 1.54) is 0 Å². The Labute approximate surface area is 281 Å². The molecule has 49 heavy (non-hydrogen) atoms. The number of para-hydroxylation sites is 1. The monoisotopic (exact) mass is 630 g/mol. The van der Waals surface area contributed by atoms with Crippen LogP contribution in [0, 0.1) is 0 Å². The number of benzene rings is 6. The second-order valence-corrected chi connectivity index (χ2v) is 11.6. The van der Waals surface area contributed by atoms with Gasteiger partial charge in [-0.15, -0.1) is 0 Å². The maximum Gasteiger partial charge on any atom is 0.167 e. The molecule has 7 nitrogen and oxygen atoms in total. The Hall–Kier alpha value is -6.86. The van der Waals surface area contributed by atoms with Crippen LogP contribution in [0.1, 0.15) is 0 Å². The molecule has 0 saturated heterocycles. The number of nitrogens with zero attached hydrogens (tertiary/aromatic N) is 6. The molecule has 0 aliphatic carbocycles. The summed E-state index contributed by atoms with van der Waals surface area (Å²) in [5.41, 5.74) is 6.67. The Bertz CT molecular complexity index is 2470. The van der Waals surface area contributed by atoms with Crippen LogP contribution in [0.5, 0.6) is 0 Å². The van der Waals surface area contributed by atoms with Crippen LogP contribution in [0.2, 0.25) is 0 Å². The van der Waals surface area contributed by atoms with E-state index in [0.29, 0.717) is 46.1 Å². The first-order chi connectivity index (χ1) is 24.3. The van der Waals surface area contributed by atoms with Crippen molar-refractivity contribution in [1.29, 1.82) is 0 Å². The molecule has 0 amide bonds. The van der Waals surface area contributed by atoms with E-state index >= 15 is 0 Å². The molecule has 3 aromatic heterocycles. The second kappa shape index (κ2) is 12.1. The molecule has 7 heteroatoms. The van der Waals surface area contributed by atoms with Gasteiger partial charge < -0.3 is 4.42 Å². The molecule has 3 heterocycles. The smallest absolute Gasteiger partial charge is 0.167 e. The van der Waals surface area contributed by atoms with Gasteiger partial charge >= 0.3 is 0 Å². The van der Waals surface area contributed by atoms with Crippen LogP contribution >= 0.6 is 0 Å². The Morgan fingerprint density at radius 2 is 0.714 bits per heavy atom. The van der Waals surface area contributed by atoms with Gasteiger partial charge in [-0.3, -0.25) is 0 Å². The van der Waals surface area contributed by atoms with Crippen LogP contribution in [0.25, 0.3) is 90.3 Å². The van der Waals surface area contributed by atoms with E-state index in [9.17, 15) is 0 Å². The summed E-state index contributed by atoms with van der Waals surface area (Å²) in [6, 6.07) is 52.0. The molecule has 0 N–H and O–H groups in total. The fourth-order valence-corrected chi connectivity index (χ4v) is 5.98. The first kappa shape index (κ1) is 28.4. The zero-order valence-electron chi connectivity index (χ0n) is 26.1. The van der Waals surface area contributed by atoms with E-state index in [4.69, 9.17) is 34.3 Å². The summed E-state index contributed by atoms with van der Waals surface area (Å²) in [6.45, 7) is 0. The van der Waals surface area contributed by atoms with Crippen LogP contribution in [0.4, 0.5) is 0 Å². The summed E-state index contributed by atoms with van der Waals surface area (Å²) in [5.74, 6) is 3.50. The van der Waals surface area contributed by atoms with E-state index in [1.54, 1.807) is 0 Å². The van der Waals surface area contributed by atoms with Gasteiger partial charge in [-0.2, -0.15) is 0 Å². The lowest BCUT2D eigenvalue weighted by Crippen LogP contribution is -2.00. The Morgan fingerprint density at radius 1 is 0.306 bits per heavy atom. The summed E-state index contributed by atoms with van der Waals surface area (Å²) in [5, 5.41) is 1.94. The van der Waals surface area contributed by atoms with Gasteiger partial charge in [0.15, 0.2) is 34.9 Å².